The molecule has 0 radical (unpaired) electrons. The average molecular weight is 176 g/mol. The zero-order valence-corrected chi connectivity index (χ0v) is 8.46. The number of hydrogen-bond donors (Lipinski definition) is 1. The number of aliphatic hydroxyl groups is 1. The molecule has 0 saturated carbocycles. The van der Waals surface area contributed by atoms with Gasteiger partial charge in [-0.2, -0.15) is 0 Å². The summed E-state index contributed by atoms with van der Waals surface area (Å²) in [4.78, 5) is 0. The summed E-state index contributed by atoms with van der Waals surface area (Å²) in [5, 5.41) is 9.12. The summed E-state index contributed by atoms with van der Waals surface area (Å²) in [6.45, 7) is 9.96. The normalized spacial score (nSPS) is 11.3. The van der Waals surface area contributed by atoms with E-state index in [9.17, 15) is 0 Å². The molecule has 0 saturated heterocycles. The minimum Gasteiger partial charge on any atom is -0.508 e. The fourth-order valence-electron chi connectivity index (χ4n) is 1.16. The molecular formula is C12H16O. The highest BCUT2D eigenvalue weighted by molar-refractivity contribution is 5.56. The molecule has 70 valence electrons. The fraction of sp³-hybridized carbons (Fsp3) is 0.333. The van der Waals surface area contributed by atoms with Crippen molar-refractivity contribution in [2.75, 3.05) is 0 Å². The Morgan fingerprint density at radius 2 is 1.62 bits per heavy atom. The second-order valence-corrected chi connectivity index (χ2v) is 4.27. The van der Waals surface area contributed by atoms with Crippen LogP contribution in [0.4, 0.5) is 0 Å². The second kappa shape index (κ2) is 3.25. The van der Waals surface area contributed by atoms with Gasteiger partial charge in [0.15, 0.2) is 0 Å². The van der Waals surface area contributed by atoms with Gasteiger partial charge in [-0.1, -0.05) is 51.6 Å². The molecule has 1 heteroatoms. The zero-order chi connectivity index (χ0) is 10.1. The standard InChI is InChI=1S/C12H16O/c1-9(13)10-5-7-11(8-6-10)12(2,3)4/h5-8,13H,1H2,2-4H3. The second-order valence-electron chi connectivity index (χ2n) is 4.27. The van der Waals surface area contributed by atoms with Crippen LogP contribution in [-0.4, -0.2) is 5.11 Å². The van der Waals surface area contributed by atoms with Gasteiger partial charge in [-0.05, 0) is 11.0 Å². The van der Waals surface area contributed by atoms with Crippen LogP contribution in [0, 0.1) is 0 Å². The van der Waals surface area contributed by atoms with Crippen LogP contribution in [0.15, 0.2) is 30.8 Å². The Labute approximate surface area is 79.7 Å². The van der Waals surface area contributed by atoms with E-state index in [1.807, 2.05) is 24.3 Å². The van der Waals surface area contributed by atoms with Gasteiger partial charge in [0.25, 0.3) is 0 Å². The summed E-state index contributed by atoms with van der Waals surface area (Å²) in [5.41, 5.74) is 2.21. The molecule has 1 rings (SSSR count). The van der Waals surface area contributed by atoms with Gasteiger partial charge in [-0.3, -0.25) is 0 Å². The number of rotatable bonds is 1. The smallest absolute Gasteiger partial charge is 0.115 e. The van der Waals surface area contributed by atoms with E-state index >= 15 is 0 Å². The lowest BCUT2D eigenvalue weighted by Gasteiger charge is -2.18. The van der Waals surface area contributed by atoms with Crippen molar-refractivity contribution in [3.8, 4) is 0 Å². The van der Waals surface area contributed by atoms with E-state index in [0.717, 1.165) is 5.56 Å². The number of aliphatic hydroxyl groups excluding tert-OH is 1. The van der Waals surface area contributed by atoms with E-state index in [4.69, 9.17) is 5.11 Å². The Balaban J connectivity index is 3.01. The molecule has 0 unspecified atom stereocenters. The van der Waals surface area contributed by atoms with Crippen molar-refractivity contribution in [1.82, 2.24) is 0 Å². The molecule has 1 aromatic carbocycles. The Kier molecular flexibility index (Phi) is 2.46. The highest BCUT2D eigenvalue weighted by atomic mass is 16.3. The van der Waals surface area contributed by atoms with E-state index in [-0.39, 0.29) is 11.2 Å². The van der Waals surface area contributed by atoms with Gasteiger partial charge in [0.1, 0.15) is 5.76 Å². The third-order valence-corrected chi connectivity index (χ3v) is 2.08. The van der Waals surface area contributed by atoms with Gasteiger partial charge in [-0.15, -0.1) is 0 Å². The summed E-state index contributed by atoms with van der Waals surface area (Å²) in [7, 11) is 0. The number of hydrogen-bond acceptors (Lipinski definition) is 1. The Morgan fingerprint density at radius 3 is 1.92 bits per heavy atom. The van der Waals surface area contributed by atoms with Crippen molar-refractivity contribution >= 4 is 5.76 Å². The van der Waals surface area contributed by atoms with Crippen LogP contribution in [0.2, 0.25) is 0 Å². The topological polar surface area (TPSA) is 20.2 Å². The Morgan fingerprint density at radius 1 is 1.15 bits per heavy atom. The summed E-state index contributed by atoms with van der Waals surface area (Å²) >= 11 is 0. The minimum absolute atomic E-state index is 0.125. The minimum atomic E-state index is 0.125. The van der Waals surface area contributed by atoms with Gasteiger partial charge >= 0.3 is 0 Å². The summed E-state index contributed by atoms with van der Waals surface area (Å²) in [6, 6.07) is 7.83. The van der Waals surface area contributed by atoms with Crippen molar-refractivity contribution in [1.29, 1.82) is 0 Å². The summed E-state index contributed by atoms with van der Waals surface area (Å²) in [5.74, 6) is 0.125. The molecule has 0 fully saturated rings. The van der Waals surface area contributed by atoms with E-state index in [0.29, 0.717) is 0 Å². The van der Waals surface area contributed by atoms with E-state index in [2.05, 4.69) is 27.4 Å². The SMILES string of the molecule is C=C(O)c1ccc(C(C)(C)C)cc1. The summed E-state index contributed by atoms with van der Waals surface area (Å²) in [6.07, 6.45) is 0. The molecular weight excluding hydrogens is 160 g/mol. The molecule has 1 N–H and O–H groups in total. The van der Waals surface area contributed by atoms with Gasteiger partial charge in [0, 0.05) is 5.56 Å². The molecule has 1 aromatic rings. The van der Waals surface area contributed by atoms with Crippen LogP contribution in [-0.2, 0) is 5.41 Å². The van der Waals surface area contributed by atoms with E-state index < -0.39 is 0 Å². The molecule has 0 atom stereocenters. The van der Waals surface area contributed by atoms with Gasteiger partial charge in [0.05, 0.1) is 0 Å². The zero-order valence-electron chi connectivity index (χ0n) is 8.46. The maximum absolute atomic E-state index is 9.12. The number of benzene rings is 1. The molecule has 0 bridgehead atoms. The van der Waals surface area contributed by atoms with E-state index in [1.165, 1.54) is 5.56 Å². The van der Waals surface area contributed by atoms with E-state index in [1.54, 1.807) is 0 Å². The maximum Gasteiger partial charge on any atom is 0.115 e. The molecule has 0 aliphatic heterocycles. The first-order valence-electron chi connectivity index (χ1n) is 4.40. The maximum atomic E-state index is 9.12. The predicted octanol–water partition coefficient (Wildman–Crippen LogP) is 3.51. The molecule has 0 heterocycles. The quantitative estimate of drug-likeness (QED) is 0.649. The van der Waals surface area contributed by atoms with Crippen LogP contribution >= 0.6 is 0 Å². The lowest BCUT2D eigenvalue weighted by molar-refractivity contribution is 0.513. The van der Waals surface area contributed by atoms with Gasteiger partial charge < -0.3 is 5.11 Å². The fourth-order valence-corrected chi connectivity index (χ4v) is 1.16. The van der Waals surface area contributed by atoms with Crippen molar-refractivity contribution < 1.29 is 5.11 Å². The van der Waals surface area contributed by atoms with Crippen molar-refractivity contribution in [3.63, 3.8) is 0 Å². The highest BCUT2D eigenvalue weighted by Crippen LogP contribution is 2.23. The third-order valence-electron chi connectivity index (χ3n) is 2.08. The monoisotopic (exact) mass is 176 g/mol. The van der Waals surface area contributed by atoms with Crippen LogP contribution in [0.3, 0.4) is 0 Å². The first-order chi connectivity index (χ1) is 5.91. The molecule has 0 amide bonds. The molecule has 1 nitrogen and oxygen atoms in total. The summed E-state index contributed by atoms with van der Waals surface area (Å²) < 4.78 is 0. The Hall–Kier alpha value is -1.24. The van der Waals surface area contributed by atoms with Crippen LogP contribution in [0.25, 0.3) is 5.76 Å². The van der Waals surface area contributed by atoms with Crippen LogP contribution < -0.4 is 0 Å². The predicted molar refractivity (Wildman–Crippen MR) is 56.8 cm³/mol. The highest BCUT2D eigenvalue weighted by Gasteiger charge is 2.12. The third kappa shape index (κ3) is 2.35. The van der Waals surface area contributed by atoms with Crippen molar-refractivity contribution in [3.05, 3.63) is 42.0 Å². The largest absolute Gasteiger partial charge is 0.508 e. The molecule has 0 aliphatic carbocycles. The van der Waals surface area contributed by atoms with Crippen molar-refractivity contribution in [2.24, 2.45) is 0 Å². The van der Waals surface area contributed by atoms with Gasteiger partial charge in [-0.25, -0.2) is 0 Å². The molecule has 0 aromatic heterocycles. The lowest BCUT2D eigenvalue weighted by Crippen LogP contribution is -2.10. The molecule has 0 aliphatic rings. The lowest BCUT2D eigenvalue weighted by atomic mass is 9.86. The van der Waals surface area contributed by atoms with Crippen LogP contribution in [0.1, 0.15) is 31.9 Å². The molecule has 0 spiro atoms. The van der Waals surface area contributed by atoms with Crippen LogP contribution in [0.5, 0.6) is 0 Å². The first kappa shape index (κ1) is 9.85. The molecule has 13 heavy (non-hydrogen) atoms. The van der Waals surface area contributed by atoms with Crippen molar-refractivity contribution in [2.45, 2.75) is 26.2 Å². The Bertz CT molecular complexity index is 301. The first-order valence-corrected chi connectivity index (χ1v) is 4.40. The van der Waals surface area contributed by atoms with Gasteiger partial charge in [0.2, 0.25) is 0 Å². The average Bonchev–Trinajstić information content (AvgIpc) is 2.03.